The van der Waals surface area contributed by atoms with Crippen LogP contribution in [-0.4, -0.2) is 33.4 Å². The summed E-state index contributed by atoms with van der Waals surface area (Å²) in [5, 5.41) is 8.81. The topological polar surface area (TPSA) is 70.5 Å². The first kappa shape index (κ1) is 17.1. The largest absolute Gasteiger partial charge is 0.481 e. The molecule has 130 valence electrons. The molecule has 2 heterocycles. The molecule has 0 bridgehead atoms. The molecule has 1 amide bonds. The lowest BCUT2D eigenvalue weighted by molar-refractivity contribution is -0.136. The second kappa shape index (κ2) is 7.42. The van der Waals surface area contributed by atoms with Crippen molar-refractivity contribution in [3.05, 3.63) is 65.2 Å². The highest BCUT2D eigenvalue weighted by molar-refractivity contribution is 5.94. The van der Waals surface area contributed by atoms with Gasteiger partial charge in [0.25, 0.3) is 5.91 Å². The molecule has 0 saturated carbocycles. The molecule has 0 unspecified atom stereocenters. The SMILES string of the molecule is O=C(O)CCc1cccc([C@@H]2CCCN2C(=O)c2ccc(F)cc2)n1. The highest BCUT2D eigenvalue weighted by atomic mass is 19.1. The molecule has 0 aliphatic carbocycles. The van der Waals surface area contributed by atoms with Crippen LogP contribution in [0, 0.1) is 5.82 Å². The van der Waals surface area contributed by atoms with Gasteiger partial charge in [-0.05, 0) is 49.2 Å². The maximum Gasteiger partial charge on any atom is 0.303 e. The minimum Gasteiger partial charge on any atom is -0.481 e. The van der Waals surface area contributed by atoms with E-state index in [1.54, 1.807) is 11.0 Å². The van der Waals surface area contributed by atoms with E-state index in [4.69, 9.17) is 5.11 Å². The lowest BCUT2D eigenvalue weighted by atomic mass is 10.1. The monoisotopic (exact) mass is 342 g/mol. The fraction of sp³-hybridized carbons (Fsp3) is 0.316. The molecule has 1 aliphatic heterocycles. The Morgan fingerprint density at radius 1 is 1.20 bits per heavy atom. The van der Waals surface area contributed by atoms with E-state index in [0.717, 1.165) is 18.5 Å². The van der Waals surface area contributed by atoms with E-state index >= 15 is 0 Å². The van der Waals surface area contributed by atoms with E-state index < -0.39 is 5.97 Å². The smallest absolute Gasteiger partial charge is 0.303 e. The number of aromatic nitrogens is 1. The molecular weight excluding hydrogens is 323 g/mol. The molecule has 1 saturated heterocycles. The van der Waals surface area contributed by atoms with Gasteiger partial charge in [0.05, 0.1) is 18.2 Å². The highest BCUT2D eigenvalue weighted by Gasteiger charge is 2.31. The Kier molecular flexibility index (Phi) is 5.07. The fourth-order valence-corrected chi connectivity index (χ4v) is 3.13. The summed E-state index contributed by atoms with van der Waals surface area (Å²) < 4.78 is 13.1. The van der Waals surface area contributed by atoms with Crippen molar-refractivity contribution in [3.63, 3.8) is 0 Å². The number of amides is 1. The van der Waals surface area contributed by atoms with Gasteiger partial charge in [0.15, 0.2) is 0 Å². The number of carbonyl (C=O) groups is 2. The molecule has 6 heteroatoms. The summed E-state index contributed by atoms with van der Waals surface area (Å²) in [6.07, 6.45) is 2.07. The van der Waals surface area contributed by atoms with Gasteiger partial charge in [0.1, 0.15) is 5.82 Å². The Hall–Kier alpha value is -2.76. The van der Waals surface area contributed by atoms with Crippen molar-refractivity contribution in [3.8, 4) is 0 Å². The predicted octanol–water partition coefficient (Wildman–Crippen LogP) is 3.22. The van der Waals surface area contributed by atoms with E-state index in [1.165, 1.54) is 24.3 Å². The van der Waals surface area contributed by atoms with Gasteiger partial charge in [-0.1, -0.05) is 6.07 Å². The molecule has 1 aromatic heterocycles. The minimum atomic E-state index is -0.860. The number of aliphatic carboxylic acids is 1. The molecule has 25 heavy (non-hydrogen) atoms. The molecule has 5 nitrogen and oxygen atoms in total. The second-order valence-corrected chi connectivity index (χ2v) is 6.11. The van der Waals surface area contributed by atoms with Gasteiger partial charge in [-0.25, -0.2) is 4.39 Å². The number of halogens is 1. The van der Waals surface area contributed by atoms with Crippen molar-refractivity contribution in [1.29, 1.82) is 0 Å². The Balaban J connectivity index is 1.79. The molecular formula is C19H19FN2O3. The third-order valence-corrected chi connectivity index (χ3v) is 4.37. The molecule has 1 N–H and O–H groups in total. The van der Waals surface area contributed by atoms with Gasteiger partial charge >= 0.3 is 5.97 Å². The number of pyridine rings is 1. The van der Waals surface area contributed by atoms with E-state index in [2.05, 4.69) is 4.98 Å². The number of rotatable bonds is 5. The van der Waals surface area contributed by atoms with Crippen LogP contribution in [0.5, 0.6) is 0 Å². The predicted molar refractivity (Wildman–Crippen MR) is 89.6 cm³/mol. The third-order valence-electron chi connectivity index (χ3n) is 4.37. The van der Waals surface area contributed by atoms with Crippen molar-refractivity contribution in [2.75, 3.05) is 6.54 Å². The molecule has 0 radical (unpaired) electrons. The van der Waals surface area contributed by atoms with E-state index in [-0.39, 0.29) is 24.2 Å². The summed E-state index contributed by atoms with van der Waals surface area (Å²) in [6, 6.07) is 10.9. The van der Waals surface area contributed by atoms with Crippen molar-refractivity contribution in [1.82, 2.24) is 9.88 Å². The van der Waals surface area contributed by atoms with Gasteiger partial charge in [0.2, 0.25) is 0 Å². The van der Waals surface area contributed by atoms with Gasteiger partial charge in [-0.15, -0.1) is 0 Å². The molecule has 1 atom stereocenters. The first-order valence-electron chi connectivity index (χ1n) is 8.29. The number of hydrogen-bond acceptors (Lipinski definition) is 3. The summed E-state index contributed by atoms with van der Waals surface area (Å²) in [6.45, 7) is 0.627. The molecule has 1 aromatic carbocycles. The maximum atomic E-state index is 13.1. The number of carboxylic acids is 1. The first-order valence-corrected chi connectivity index (χ1v) is 8.29. The molecule has 2 aromatic rings. The highest BCUT2D eigenvalue weighted by Crippen LogP contribution is 2.32. The Bertz CT molecular complexity index is 776. The van der Waals surface area contributed by atoms with Crippen molar-refractivity contribution >= 4 is 11.9 Å². The zero-order chi connectivity index (χ0) is 17.8. The van der Waals surface area contributed by atoms with E-state index in [1.807, 2.05) is 12.1 Å². The Morgan fingerprint density at radius 3 is 2.68 bits per heavy atom. The van der Waals surface area contributed by atoms with Crippen LogP contribution in [0.1, 0.15) is 47.1 Å². The molecule has 0 spiro atoms. The molecule has 1 fully saturated rings. The first-order chi connectivity index (χ1) is 12.0. The van der Waals surface area contributed by atoms with Crippen LogP contribution in [0.25, 0.3) is 0 Å². The normalized spacial score (nSPS) is 16.8. The van der Waals surface area contributed by atoms with Crippen LogP contribution < -0.4 is 0 Å². The van der Waals surface area contributed by atoms with Crippen LogP contribution in [0.4, 0.5) is 4.39 Å². The average molecular weight is 342 g/mol. The number of likely N-dealkylation sites (tertiary alicyclic amines) is 1. The van der Waals surface area contributed by atoms with E-state index in [9.17, 15) is 14.0 Å². The van der Waals surface area contributed by atoms with Crippen LogP contribution in [0.15, 0.2) is 42.5 Å². The van der Waals surface area contributed by atoms with Crippen LogP contribution in [0.2, 0.25) is 0 Å². The molecule has 3 rings (SSSR count). The summed E-state index contributed by atoms with van der Waals surface area (Å²) in [4.78, 5) is 29.8. The second-order valence-electron chi connectivity index (χ2n) is 6.11. The van der Waals surface area contributed by atoms with Crippen molar-refractivity contribution in [2.24, 2.45) is 0 Å². The van der Waals surface area contributed by atoms with Gasteiger partial charge < -0.3 is 10.0 Å². The number of carbonyl (C=O) groups excluding carboxylic acids is 1. The summed E-state index contributed by atoms with van der Waals surface area (Å²) >= 11 is 0. The third kappa shape index (κ3) is 4.02. The summed E-state index contributed by atoms with van der Waals surface area (Å²) in [7, 11) is 0. The Morgan fingerprint density at radius 2 is 1.96 bits per heavy atom. The number of aryl methyl sites for hydroxylation is 1. The minimum absolute atomic E-state index is 0.0271. The number of nitrogens with zero attached hydrogens (tertiary/aromatic N) is 2. The summed E-state index contributed by atoms with van der Waals surface area (Å²) in [5.74, 6) is -1.37. The summed E-state index contributed by atoms with van der Waals surface area (Å²) in [5.41, 5.74) is 1.94. The lowest BCUT2D eigenvalue weighted by Crippen LogP contribution is -2.31. The van der Waals surface area contributed by atoms with Crippen LogP contribution >= 0.6 is 0 Å². The van der Waals surface area contributed by atoms with Crippen LogP contribution in [-0.2, 0) is 11.2 Å². The van der Waals surface area contributed by atoms with Gasteiger partial charge in [0, 0.05) is 24.2 Å². The molecule has 1 aliphatic rings. The number of carboxylic acid groups (broad SMARTS) is 1. The maximum absolute atomic E-state index is 13.1. The van der Waals surface area contributed by atoms with Gasteiger partial charge in [-0.3, -0.25) is 14.6 Å². The standard InChI is InChI=1S/C19H19FN2O3/c20-14-8-6-13(7-9-14)19(25)22-12-2-5-17(22)16-4-1-3-15(21-16)10-11-18(23)24/h1,3-4,6-9,17H,2,5,10-12H2,(H,23,24)/t17-/m0/s1. The van der Waals surface area contributed by atoms with E-state index in [0.29, 0.717) is 24.2 Å². The van der Waals surface area contributed by atoms with Crippen molar-refractivity contribution < 1.29 is 19.1 Å². The quantitative estimate of drug-likeness (QED) is 0.906. The zero-order valence-electron chi connectivity index (χ0n) is 13.7. The lowest BCUT2D eigenvalue weighted by Gasteiger charge is -2.24. The number of benzene rings is 1. The number of hydrogen-bond donors (Lipinski definition) is 1. The van der Waals surface area contributed by atoms with Crippen molar-refractivity contribution in [2.45, 2.75) is 31.7 Å². The fourth-order valence-electron chi connectivity index (χ4n) is 3.13. The zero-order valence-corrected chi connectivity index (χ0v) is 13.7. The Labute approximate surface area is 145 Å². The van der Waals surface area contributed by atoms with Crippen LogP contribution in [0.3, 0.4) is 0 Å². The van der Waals surface area contributed by atoms with Gasteiger partial charge in [-0.2, -0.15) is 0 Å². The average Bonchev–Trinajstić information content (AvgIpc) is 3.10.